The van der Waals surface area contributed by atoms with E-state index in [2.05, 4.69) is 26.0 Å². The summed E-state index contributed by atoms with van der Waals surface area (Å²) in [6, 6.07) is 25.7. The number of aromatic hydroxyl groups is 4. The number of aromatic carboxylic acids is 1. The molecule has 8 aromatic rings. The van der Waals surface area contributed by atoms with Crippen molar-refractivity contribution < 1.29 is 87.2 Å². The monoisotopic (exact) mass is 1660 g/mol. The maximum absolute atomic E-state index is 12.4. The molecule has 0 spiro atoms. The van der Waals surface area contributed by atoms with E-state index in [0.717, 1.165) is 80.5 Å². The van der Waals surface area contributed by atoms with Gasteiger partial charge in [-0.25, -0.2) is 23.7 Å². The Bertz CT molecular complexity index is 4340. The van der Waals surface area contributed by atoms with Gasteiger partial charge in [0.05, 0.1) is 41.7 Å². The number of H-pyrrole nitrogens is 1. The van der Waals surface area contributed by atoms with Gasteiger partial charge in [-0.05, 0) is 162 Å². The summed E-state index contributed by atoms with van der Waals surface area (Å²) < 4.78 is 25.5. The summed E-state index contributed by atoms with van der Waals surface area (Å²) in [5.41, 5.74) is 4.67. The molecule has 0 bridgehead atoms. The fourth-order valence-corrected chi connectivity index (χ4v) is 9.81. The van der Waals surface area contributed by atoms with Crippen molar-refractivity contribution in [2.45, 2.75) is 130 Å². The Hall–Kier alpha value is -9.13. The van der Waals surface area contributed by atoms with Gasteiger partial charge in [0.1, 0.15) is 45.3 Å². The average molecular weight is 1660 g/mol. The molecule has 0 unspecified atom stereocenters. The summed E-state index contributed by atoms with van der Waals surface area (Å²) in [6.07, 6.45) is 12.3. The normalized spacial score (nSPS) is 10.1. The molecule has 578 valence electrons. The Labute approximate surface area is 647 Å². The van der Waals surface area contributed by atoms with Crippen LogP contribution >= 0.6 is 85.5 Å². The van der Waals surface area contributed by atoms with E-state index in [4.69, 9.17) is 114 Å². The predicted octanol–water partition coefficient (Wildman–Crippen LogP) is 15.6. The molecule has 0 saturated heterocycles. The van der Waals surface area contributed by atoms with Gasteiger partial charge in [0, 0.05) is 67.8 Å². The van der Waals surface area contributed by atoms with Crippen molar-refractivity contribution in [2.75, 3.05) is 31.7 Å². The molecule has 0 aliphatic heterocycles. The lowest BCUT2D eigenvalue weighted by molar-refractivity contribution is -0.144. The molecule has 34 heteroatoms. The number of alkyl halides is 1. The maximum atomic E-state index is 12.4. The average Bonchev–Trinajstić information content (AvgIpc) is 0.793. The minimum atomic E-state index is -1.19. The number of nitrogens with zero attached hydrogens (tertiary/aromatic N) is 1. The number of aromatic amines is 1. The van der Waals surface area contributed by atoms with Crippen molar-refractivity contribution in [1.29, 1.82) is 0 Å². The standard InChI is InChI=1S/C18H22ClNO5.C15H20ClNO4.C11H13ClO3.C8H4ClNO3.C7H6ClNO2.C7H5ClO3.C6H11BrO2.H3N/c1-2-24-16(21)8-6-4-3-5-7-11-20-17(22)14-12-13(19)9-10-15(14)25-18(20)23;16-11-7-8-13(18)12(10-11)15(21)17-9-5-3-1-2-4-6-14(19)20;1-2-3-6-15-11(14)9-7-8(12)4-5-10(9)13;9-4-1-2-6-5(3-4)7(11)10-8(12)13-6;8-4-1-2-6(10)5(3-4)7(9)11;8-4-1-2-6(9)5(3-4)7(10)11;1-2-9-6(8)4-3-5-7;/h9-10,12H,2-8,11H2,1H3;7-8,10,18H,1-6,9H2,(H,17,21)(H,19,20);4-5,7,13H,2-3,6H2,1H3;1-3H,(H,10,11,12);1-3,10H,(H2,9,11);1-3,9H,(H,10,11);2-5H2,1H3;1H3. The first kappa shape index (κ1) is 94.9. The number of nitrogens with two attached hydrogens (primary N) is 1. The molecule has 13 N–H and O–H groups in total. The SMILES string of the molecule is CCCCOC(=O)c1cc(Cl)ccc1O.CCOC(=O)CCCBr.CCOC(=O)CCCCCCCn1c(=O)oc2ccc(Cl)cc2c1=O.N.NC(=O)c1cc(Cl)ccc1O.O=C(O)CCCCCCCNC(=O)c1cc(Cl)ccc1O.O=C(O)c1cc(Cl)ccc1O.O=c1[nH]c(=O)c2cc(Cl)ccc2o1. The van der Waals surface area contributed by atoms with Crippen molar-refractivity contribution in [3.05, 3.63) is 203 Å². The number of unbranched alkanes of at least 4 members (excludes halogenated alkanes) is 9. The van der Waals surface area contributed by atoms with Gasteiger partial charge in [0.25, 0.3) is 22.9 Å². The number of primary amides is 1. The van der Waals surface area contributed by atoms with Crippen LogP contribution in [0.4, 0.5) is 0 Å². The van der Waals surface area contributed by atoms with E-state index in [1.54, 1.807) is 19.1 Å². The summed E-state index contributed by atoms with van der Waals surface area (Å²) in [5.74, 6) is -5.83. The number of carbonyl (C=O) groups is 7. The van der Waals surface area contributed by atoms with E-state index in [0.29, 0.717) is 94.1 Å². The Morgan fingerprint density at radius 3 is 1.42 bits per heavy atom. The number of benzene rings is 6. The molecule has 0 fully saturated rings. The number of phenolic OH excluding ortho intramolecular Hbond substituents is 2. The van der Waals surface area contributed by atoms with E-state index in [1.807, 2.05) is 18.8 Å². The molecule has 8 rings (SSSR count). The van der Waals surface area contributed by atoms with Crippen LogP contribution in [-0.4, -0.2) is 114 Å². The number of hydrogen-bond donors (Lipinski definition) is 10. The van der Waals surface area contributed by atoms with Gasteiger partial charge in [-0.3, -0.25) is 38.5 Å². The molecule has 2 aromatic heterocycles. The summed E-state index contributed by atoms with van der Waals surface area (Å²) in [5, 5.41) is 60.4. The molecule has 2 heterocycles. The quantitative estimate of drug-likeness (QED) is 0.00942. The molecular formula is C72H84BrCl6N5O22. The number of hydrogen-bond acceptors (Lipinski definition) is 21. The van der Waals surface area contributed by atoms with Gasteiger partial charge in [0.2, 0.25) is 0 Å². The second-order valence-electron chi connectivity index (χ2n) is 21.8. The van der Waals surface area contributed by atoms with Crippen LogP contribution in [0.5, 0.6) is 23.0 Å². The van der Waals surface area contributed by atoms with Crippen LogP contribution in [0.25, 0.3) is 21.9 Å². The first-order valence-corrected chi connectivity index (χ1v) is 35.9. The lowest BCUT2D eigenvalue weighted by Crippen LogP contribution is -2.32. The van der Waals surface area contributed by atoms with Crippen LogP contribution in [0.15, 0.2) is 137 Å². The van der Waals surface area contributed by atoms with Crippen LogP contribution in [0, 0.1) is 0 Å². The first-order valence-electron chi connectivity index (χ1n) is 32.5. The van der Waals surface area contributed by atoms with Crippen LogP contribution in [0.1, 0.15) is 165 Å². The summed E-state index contributed by atoms with van der Waals surface area (Å²) in [6.45, 7) is 7.69. The lowest BCUT2D eigenvalue weighted by atomic mass is 10.1. The molecular weight excluding hydrogens is 1580 g/mol. The summed E-state index contributed by atoms with van der Waals surface area (Å²) in [4.78, 5) is 125. The predicted molar refractivity (Wildman–Crippen MR) is 410 cm³/mol. The number of phenols is 4. The number of halogens is 7. The third-order valence-electron chi connectivity index (χ3n) is 13.7. The lowest BCUT2D eigenvalue weighted by Gasteiger charge is -2.07. The van der Waals surface area contributed by atoms with Crippen molar-refractivity contribution in [2.24, 2.45) is 5.73 Å². The zero-order valence-corrected chi connectivity index (χ0v) is 64.2. The van der Waals surface area contributed by atoms with Gasteiger partial charge in [0.15, 0.2) is 0 Å². The number of ether oxygens (including phenoxy) is 3. The molecule has 0 atom stereocenters. The minimum Gasteiger partial charge on any atom is -0.507 e. The summed E-state index contributed by atoms with van der Waals surface area (Å²) in [7, 11) is 0. The number of carbonyl (C=O) groups excluding carboxylic acids is 5. The number of amides is 2. The van der Waals surface area contributed by atoms with Crippen molar-refractivity contribution in [3.63, 3.8) is 0 Å². The van der Waals surface area contributed by atoms with Crippen LogP contribution < -0.4 is 39.8 Å². The summed E-state index contributed by atoms with van der Waals surface area (Å²) >= 11 is 37.3. The highest BCUT2D eigenvalue weighted by Crippen LogP contribution is 2.25. The van der Waals surface area contributed by atoms with Gasteiger partial charge in [-0.15, -0.1) is 0 Å². The van der Waals surface area contributed by atoms with Crippen LogP contribution in [0.3, 0.4) is 0 Å². The molecule has 106 heavy (non-hydrogen) atoms. The second-order valence-corrected chi connectivity index (χ2v) is 25.3. The largest absolute Gasteiger partial charge is 0.507 e. The molecule has 2 amide bonds. The van der Waals surface area contributed by atoms with E-state index < -0.39 is 40.9 Å². The molecule has 0 aliphatic rings. The van der Waals surface area contributed by atoms with E-state index in [9.17, 15) is 63.0 Å². The third-order valence-corrected chi connectivity index (χ3v) is 15.7. The van der Waals surface area contributed by atoms with Crippen molar-refractivity contribution >= 4 is 149 Å². The van der Waals surface area contributed by atoms with Crippen molar-refractivity contribution in [1.82, 2.24) is 21.0 Å². The van der Waals surface area contributed by atoms with Crippen LogP contribution in [0.2, 0.25) is 30.1 Å². The molecule has 27 nitrogen and oxygen atoms in total. The fourth-order valence-electron chi connectivity index (χ4n) is 8.49. The fraction of sp³-hybridized carbons (Fsp3) is 0.347. The Kier molecular flexibility index (Phi) is 47.2. The third kappa shape index (κ3) is 37.7. The number of carboxylic acids is 2. The van der Waals surface area contributed by atoms with Gasteiger partial charge < -0.3 is 70.9 Å². The molecule has 0 radical (unpaired) electrons. The van der Waals surface area contributed by atoms with E-state index in [-0.39, 0.29) is 97.8 Å². The van der Waals surface area contributed by atoms with Crippen molar-refractivity contribution in [3.8, 4) is 23.0 Å². The number of aliphatic carboxylic acids is 1. The van der Waals surface area contributed by atoms with E-state index in [1.165, 1.54) is 97.1 Å². The van der Waals surface area contributed by atoms with Gasteiger partial charge >= 0.3 is 41.4 Å². The number of rotatable bonds is 28. The maximum Gasteiger partial charge on any atom is 0.422 e. The Balaban J connectivity index is 0.000000635. The number of nitrogens with one attached hydrogen (secondary N) is 2. The first-order chi connectivity index (χ1) is 49.9. The smallest absolute Gasteiger partial charge is 0.422 e. The molecule has 0 aliphatic carbocycles. The van der Waals surface area contributed by atoms with E-state index >= 15 is 0 Å². The number of fused-ring (bicyclic) bond motifs is 2. The highest BCUT2D eigenvalue weighted by molar-refractivity contribution is 9.09. The second kappa shape index (κ2) is 52.8. The Morgan fingerprint density at radius 2 is 0.934 bits per heavy atom. The highest BCUT2D eigenvalue weighted by Gasteiger charge is 2.16. The number of esters is 3. The Morgan fingerprint density at radius 1 is 0.509 bits per heavy atom. The van der Waals surface area contributed by atoms with Crippen LogP contribution in [-0.2, 0) is 35.1 Å². The molecule has 6 aromatic carbocycles. The highest BCUT2D eigenvalue weighted by atomic mass is 79.9. The number of carboxylic acid groups (broad SMARTS) is 2. The minimum absolute atomic E-state index is 0. The number of aromatic nitrogens is 2. The topological polar surface area (TPSA) is 457 Å². The molecule has 0 saturated carbocycles. The van der Waals surface area contributed by atoms with Gasteiger partial charge in [-0.1, -0.05) is 137 Å². The zero-order valence-electron chi connectivity index (χ0n) is 58.0. The van der Waals surface area contributed by atoms with Gasteiger partial charge in [-0.2, -0.15) is 0 Å². The zero-order chi connectivity index (χ0) is 78.6.